The fraction of sp³-hybridized carbons (Fsp3) is 0.538. The quantitative estimate of drug-likeness (QED) is 0.812. The summed E-state index contributed by atoms with van der Waals surface area (Å²) in [4.78, 5) is 2.25. The Kier molecular flexibility index (Phi) is 3.80. The van der Waals surface area contributed by atoms with Crippen LogP contribution in [0.1, 0.15) is 12.0 Å². The van der Waals surface area contributed by atoms with Crippen molar-refractivity contribution in [2.45, 2.75) is 18.9 Å². The van der Waals surface area contributed by atoms with Crippen LogP contribution in [0, 0.1) is 0 Å². The maximum Gasteiger partial charge on any atom is 0.124 e. The molecule has 1 heterocycles. The van der Waals surface area contributed by atoms with Crippen molar-refractivity contribution < 1.29 is 4.74 Å². The van der Waals surface area contributed by atoms with E-state index >= 15 is 0 Å². The number of rotatable bonds is 5. The predicted octanol–water partition coefficient (Wildman–Crippen LogP) is 1.27. The van der Waals surface area contributed by atoms with Gasteiger partial charge in [-0.25, -0.2) is 0 Å². The minimum atomic E-state index is 0.375. The van der Waals surface area contributed by atoms with Crippen molar-refractivity contribution in [1.29, 1.82) is 0 Å². The van der Waals surface area contributed by atoms with E-state index in [0.717, 1.165) is 38.2 Å². The molecule has 88 valence electrons. The smallest absolute Gasteiger partial charge is 0.124 e. The lowest BCUT2D eigenvalue weighted by molar-refractivity contribution is 0.0388. The zero-order chi connectivity index (χ0) is 11.4. The van der Waals surface area contributed by atoms with Crippen LogP contribution in [0.25, 0.3) is 0 Å². The number of hydrogen-bond donors (Lipinski definition) is 1. The average molecular weight is 220 g/mol. The van der Waals surface area contributed by atoms with Gasteiger partial charge in [0, 0.05) is 13.1 Å². The lowest BCUT2D eigenvalue weighted by Crippen LogP contribution is -2.51. The monoisotopic (exact) mass is 220 g/mol. The van der Waals surface area contributed by atoms with Gasteiger partial charge in [0.15, 0.2) is 0 Å². The van der Waals surface area contributed by atoms with Crippen molar-refractivity contribution in [2.75, 3.05) is 26.7 Å². The molecule has 0 spiro atoms. The molecule has 2 rings (SSSR count). The SMILES string of the molecule is CN1CC(Oc2ccc(CCCN)cc2)C1. The van der Waals surface area contributed by atoms with Crippen LogP contribution in [-0.2, 0) is 6.42 Å². The van der Waals surface area contributed by atoms with Crippen molar-refractivity contribution in [2.24, 2.45) is 5.73 Å². The third kappa shape index (κ3) is 2.97. The Labute approximate surface area is 97.2 Å². The Balaban J connectivity index is 1.82. The molecular weight excluding hydrogens is 200 g/mol. The third-order valence-corrected chi connectivity index (χ3v) is 2.93. The second-order valence-electron chi connectivity index (χ2n) is 4.50. The van der Waals surface area contributed by atoms with Gasteiger partial charge in [-0.05, 0) is 44.1 Å². The average Bonchev–Trinajstić information content (AvgIpc) is 2.26. The van der Waals surface area contributed by atoms with Crippen LogP contribution in [-0.4, -0.2) is 37.7 Å². The van der Waals surface area contributed by atoms with E-state index in [0.29, 0.717) is 6.10 Å². The van der Waals surface area contributed by atoms with E-state index in [1.807, 2.05) is 0 Å². The Morgan fingerprint density at radius 3 is 2.56 bits per heavy atom. The Morgan fingerprint density at radius 2 is 2.00 bits per heavy atom. The first-order valence-corrected chi connectivity index (χ1v) is 5.92. The summed E-state index contributed by atoms with van der Waals surface area (Å²) in [6, 6.07) is 8.38. The normalized spacial score (nSPS) is 17.1. The summed E-state index contributed by atoms with van der Waals surface area (Å²) in [5.74, 6) is 0.981. The minimum absolute atomic E-state index is 0.375. The van der Waals surface area contributed by atoms with Gasteiger partial charge in [0.2, 0.25) is 0 Å². The summed E-state index contributed by atoms with van der Waals surface area (Å²) >= 11 is 0. The summed E-state index contributed by atoms with van der Waals surface area (Å²) in [7, 11) is 2.11. The second-order valence-corrected chi connectivity index (χ2v) is 4.50. The molecule has 0 aliphatic carbocycles. The lowest BCUT2D eigenvalue weighted by Gasteiger charge is -2.36. The van der Waals surface area contributed by atoms with E-state index in [1.165, 1.54) is 5.56 Å². The lowest BCUT2D eigenvalue weighted by atomic mass is 10.1. The number of aryl methyl sites for hydroxylation is 1. The fourth-order valence-corrected chi connectivity index (χ4v) is 1.95. The zero-order valence-corrected chi connectivity index (χ0v) is 9.86. The number of hydrogen-bond acceptors (Lipinski definition) is 3. The Morgan fingerprint density at radius 1 is 1.31 bits per heavy atom. The first kappa shape index (κ1) is 11.4. The maximum atomic E-state index is 5.81. The molecule has 1 saturated heterocycles. The van der Waals surface area contributed by atoms with E-state index < -0.39 is 0 Å². The summed E-state index contributed by atoms with van der Waals surface area (Å²) in [5, 5.41) is 0. The first-order valence-electron chi connectivity index (χ1n) is 5.92. The van der Waals surface area contributed by atoms with Crippen LogP contribution in [0.5, 0.6) is 5.75 Å². The van der Waals surface area contributed by atoms with E-state index in [-0.39, 0.29) is 0 Å². The largest absolute Gasteiger partial charge is 0.488 e. The van der Waals surface area contributed by atoms with Crippen molar-refractivity contribution in [1.82, 2.24) is 4.90 Å². The zero-order valence-electron chi connectivity index (χ0n) is 9.86. The molecular formula is C13H20N2O. The molecule has 1 aromatic carbocycles. The number of nitrogens with zero attached hydrogens (tertiary/aromatic N) is 1. The summed E-state index contributed by atoms with van der Waals surface area (Å²) in [5.41, 5.74) is 6.82. The first-order chi connectivity index (χ1) is 7.78. The van der Waals surface area contributed by atoms with Crippen molar-refractivity contribution in [3.05, 3.63) is 29.8 Å². The van der Waals surface area contributed by atoms with Gasteiger partial charge >= 0.3 is 0 Å². The van der Waals surface area contributed by atoms with Gasteiger partial charge < -0.3 is 10.5 Å². The van der Waals surface area contributed by atoms with E-state index in [9.17, 15) is 0 Å². The van der Waals surface area contributed by atoms with Crippen molar-refractivity contribution in [3.8, 4) is 5.75 Å². The molecule has 0 saturated carbocycles. The molecule has 3 heteroatoms. The van der Waals surface area contributed by atoms with Crippen LogP contribution in [0.4, 0.5) is 0 Å². The number of likely N-dealkylation sites (N-methyl/N-ethyl adjacent to an activating group) is 1. The van der Waals surface area contributed by atoms with Crippen LogP contribution in [0.2, 0.25) is 0 Å². The topological polar surface area (TPSA) is 38.5 Å². The molecule has 1 aliphatic rings. The van der Waals surface area contributed by atoms with Gasteiger partial charge in [-0.2, -0.15) is 0 Å². The third-order valence-electron chi connectivity index (χ3n) is 2.93. The predicted molar refractivity (Wildman–Crippen MR) is 65.7 cm³/mol. The van der Waals surface area contributed by atoms with Crippen LogP contribution >= 0.6 is 0 Å². The van der Waals surface area contributed by atoms with Crippen molar-refractivity contribution >= 4 is 0 Å². The maximum absolute atomic E-state index is 5.81. The number of nitrogens with two attached hydrogens (primary N) is 1. The number of ether oxygens (including phenoxy) is 1. The molecule has 3 nitrogen and oxygen atoms in total. The molecule has 1 aromatic rings. The van der Waals surface area contributed by atoms with E-state index in [4.69, 9.17) is 10.5 Å². The van der Waals surface area contributed by atoms with Crippen LogP contribution in [0.3, 0.4) is 0 Å². The van der Waals surface area contributed by atoms with Gasteiger partial charge in [0.05, 0.1) is 0 Å². The summed E-state index contributed by atoms with van der Waals surface area (Å²) < 4.78 is 5.81. The van der Waals surface area contributed by atoms with E-state index in [1.54, 1.807) is 0 Å². The number of benzene rings is 1. The van der Waals surface area contributed by atoms with E-state index in [2.05, 4.69) is 36.2 Å². The van der Waals surface area contributed by atoms with Crippen molar-refractivity contribution in [3.63, 3.8) is 0 Å². The molecule has 0 radical (unpaired) electrons. The van der Waals surface area contributed by atoms with Gasteiger partial charge in [0.1, 0.15) is 11.9 Å². The molecule has 16 heavy (non-hydrogen) atoms. The van der Waals surface area contributed by atoms with Gasteiger partial charge in [-0.3, -0.25) is 4.90 Å². The van der Waals surface area contributed by atoms with Crippen LogP contribution in [0.15, 0.2) is 24.3 Å². The molecule has 0 amide bonds. The van der Waals surface area contributed by atoms with Crippen LogP contribution < -0.4 is 10.5 Å². The minimum Gasteiger partial charge on any atom is -0.488 e. The molecule has 0 aromatic heterocycles. The number of likely N-dealkylation sites (tertiary alicyclic amines) is 1. The highest BCUT2D eigenvalue weighted by Crippen LogP contribution is 2.18. The van der Waals surface area contributed by atoms with Gasteiger partial charge in [-0.15, -0.1) is 0 Å². The summed E-state index contributed by atoms with van der Waals surface area (Å²) in [6.07, 6.45) is 2.48. The molecule has 2 N–H and O–H groups in total. The molecule has 0 atom stereocenters. The highest BCUT2D eigenvalue weighted by Gasteiger charge is 2.24. The van der Waals surface area contributed by atoms with Gasteiger partial charge in [0.25, 0.3) is 0 Å². The highest BCUT2D eigenvalue weighted by molar-refractivity contribution is 5.27. The second kappa shape index (κ2) is 5.32. The molecule has 0 unspecified atom stereocenters. The fourth-order valence-electron chi connectivity index (χ4n) is 1.95. The molecule has 1 fully saturated rings. The molecule has 0 bridgehead atoms. The Hall–Kier alpha value is -1.06. The summed E-state index contributed by atoms with van der Waals surface area (Å²) in [6.45, 7) is 2.83. The standard InChI is InChI=1S/C13H20N2O/c1-15-9-13(10-15)16-12-6-4-11(5-7-12)3-2-8-14/h4-7,13H,2-3,8-10,14H2,1H3. The highest BCUT2D eigenvalue weighted by atomic mass is 16.5. The molecule has 1 aliphatic heterocycles. The van der Waals surface area contributed by atoms with Gasteiger partial charge in [-0.1, -0.05) is 12.1 Å². The Bertz CT molecular complexity index is 317.